The van der Waals surface area contributed by atoms with Crippen LogP contribution in [0.4, 0.5) is 11.4 Å². The zero-order chi connectivity index (χ0) is 22.3. The highest BCUT2D eigenvalue weighted by Gasteiger charge is 2.39. The number of rotatable bonds is 5. The van der Waals surface area contributed by atoms with Gasteiger partial charge in [0, 0.05) is 30.9 Å². The molecule has 0 spiro atoms. The number of carbonyl (C=O) groups is 2. The maximum atomic E-state index is 13.3. The van der Waals surface area contributed by atoms with Crippen LogP contribution in [0.5, 0.6) is 0 Å². The minimum atomic E-state index is -3.53. The van der Waals surface area contributed by atoms with Gasteiger partial charge in [-0.2, -0.15) is 0 Å². The van der Waals surface area contributed by atoms with E-state index in [2.05, 4.69) is 18.6 Å². The Hall–Kier alpha value is -2.71. The summed E-state index contributed by atoms with van der Waals surface area (Å²) in [6.07, 6.45) is 0.776. The van der Waals surface area contributed by atoms with Crippen LogP contribution in [0.15, 0.2) is 47.4 Å². The number of fused-ring (bicyclic) bond motifs is 1. The smallest absolute Gasteiger partial charge is 0.240 e. The first-order valence-electron chi connectivity index (χ1n) is 10.5. The lowest BCUT2D eigenvalue weighted by Crippen LogP contribution is -2.36. The third kappa shape index (κ3) is 3.97. The van der Waals surface area contributed by atoms with E-state index in [-0.39, 0.29) is 23.1 Å². The van der Waals surface area contributed by atoms with Crippen LogP contribution in [0.2, 0.25) is 0 Å². The van der Waals surface area contributed by atoms with Gasteiger partial charge in [0.1, 0.15) is 0 Å². The molecular weight excluding hydrogens is 414 g/mol. The molecule has 2 aromatic carbocycles. The predicted molar refractivity (Wildman–Crippen MR) is 120 cm³/mol. The lowest BCUT2D eigenvalue weighted by atomic mass is 10.0. The topological polar surface area (TPSA) is 86.8 Å². The molecule has 2 heterocycles. The van der Waals surface area contributed by atoms with Crippen LogP contribution < -0.4 is 14.5 Å². The summed E-state index contributed by atoms with van der Waals surface area (Å²) in [5.74, 6) is -0.192. The molecular formula is C23H27N3O4S. The molecule has 7 nitrogen and oxygen atoms in total. The Morgan fingerprint density at radius 1 is 1.16 bits per heavy atom. The van der Waals surface area contributed by atoms with Gasteiger partial charge in [0.15, 0.2) is 0 Å². The summed E-state index contributed by atoms with van der Waals surface area (Å²) in [7, 11) is -2.16. The number of carbonyl (C=O) groups excluding carboxylic acids is 2. The average Bonchev–Trinajstić information content (AvgIpc) is 3.36. The van der Waals surface area contributed by atoms with E-state index in [1.54, 1.807) is 21.9 Å². The normalized spacial score (nSPS) is 18.7. The number of sulfonamides is 1. The van der Waals surface area contributed by atoms with Crippen LogP contribution >= 0.6 is 0 Å². The molecule has 164 valence electrons. The van der Waals surface area contributed by atoms with Crippen molar-refractivity contribution in [1.29, 1.82) is 0 Å². The lowest BCUT2D eigenvalue weighted by molar-refractivity contribution is -0.124. The van der Waals surface area contributed by atoms with Crippen molar-refractivity contribution in [3.8, 4) is 0 Å². The van der Waals surface area contributed by atoms with Crippen molar-refractivity contribution >= 4 is 33.2 Å². The molecule has 1 fully saturated rings. The van der Waals surface area contributed by atoms with E-state index in [0.717, 1.165) is 22.5 Å². The molecule has 1 atom stereocenters. The Bertz CT molecular complexity index is 1140. The molecule has 2 aliphatic rings. The molecule has 1 unspecified atom stereocenters. The molecule has 0 aromatic heterocycles. The Labute approximate surface area is 183 Å². The van der Waals surface area contributed by atoms with Crippen molar-refractivity contribution in [1.82, 2.24) is 4.72 Å². The van der Waals surface area contributed by atoms with Crippen molar-refractivity contribution in [2.45, 2.75) is 37.5 Å². The Kier molecular flexibility index (Phi) is 5.61. The van der Waals surface area contributed by atoms with E-state index in [4.69, 9.17) is 0 Å². The van der Waals surface area contributed by atoms with E-state index in [0.29, 0.717) is 25.4 Å². The number of anilines is 2. The molecule has 0 radical (unpaired) electrons. The molecule has 0 saturated carbocycles. The van der Waals surface area contributed by atoms with Crippen LogP contribution in [0.3, 0.4) is 0 Å². The molecule has 1 N–H and O–H groups in total. The molecule has 4 rings (SSSR count). The fourth-order valence-corrected chi connectivity index (χ4v) is 5.07. The van der Waals surface area contributed by atoms with E-state index >= 15 is 0 Å². The van der Waals surface area contributed by atoms with Gasteiger partial charge in [-0.05, 0) is 60.8 Å². The Morgan fingerprint density at radius 3 is 2.65 bits per heavy atom. The maximum absolute atomic E-state index is 13.3. The summed E-state index contributed by atoms with van der Waals surface area (Å²) in [6, 6.07) is 12.7. The number of nitrogens with zero attached hydrogens (tertiary/aromatic N) is 2. The number of nitrogens with one attached hydrogen (secondary N) is 1. The fourth-order valence-electron chi connectivity index (χ4n) is 4.29. The standard InChI is InChI=1S/C23H27N3O4S/c1-15(2)16-5-4-6-19(11-16)26-14-18(13-22(26)27)23(28)25-10-9-17-12-20(7-8-21(17)25)31(29,30)24-3/h4-8,11-12,15,18,24H,9-10,13-14H2,1-3H3. The van der Waals surface area contributed by atoms with Crippen molar-refractivity contribution < 1.29 is 18.0 Å². The highest BCUT2D eigenvalue weighted by molar-refractivity contribution is 7.89. The average molecular weight is 442 g/mol. The van der Waals surface area contributed by atoms with Crippen LogP contribution in [-0.2, 0) is 26.0 Å². The van der Waals surface area contributed by atoms with E-state index < -0.39 is 15.9 Å². The number of benzene rings is 2. The van der Waals surface area contributed by atoms with Gasteiger partial charge in [0.05, 0.1) is 10.8 Å². The summed E-state index contributed by atoms with van der Waals surface area (Å²) in [6.45, 7) is 5.06. The lowest BCUT2D eigenvalue weighted by Gasteiger charge is -2.22. The van der Waals surface area contributed by atoms with E-state index in [1.807, 2.05) is 24.3 Å². The third-order valence-corrected chi connectivity index (χ3v) is 7.53. The summed E-state index contributed by atoms with van der Waals surface area (Å²) >= 11 is 0. The third-order valence-electron chi connectivity index (χ3n) is 6.11. The van der Waals surface area contributed by atoms with Gasteiger partial charge in [0.25, 0.3) is 0 Å². The molecule has 8 heteroatoms. The van der Waals surface area contributed by atoms with Gasteiger partial charge in [-0.15, -0.1) is 0 Å². The van der Waals surface area contributed by atoms with Gasteiger partial charge in [0.2, 0.25) is 21.8 Å². The van der Waals surface area contributed by atoms with Crippen LogP contribution in [0.25, 0.3) is 0 Å². The molecule has 2 aromatic rings. The minimum absolute atomic E-state index is 0.0471. The fraction of sp³-hybridized carbons (Fsp3) is 0.391. The van der Waals surface area contributed by atoms with Crippen molar-refractivity contribution in [3.05, 3.63) is 53.6 Å². The minimum Gasteiger partial charge on any atom is -0.312 e. The summed E-state index contributed by atoms with van der Waals surface area (Å²) in [5, 5.41) is 0. The molecule has 0 bridgehead atoms. The van der Waals surface area contributed by atoms with Gasteiger partial charge in [-0.1, -0.05) is 26.0 Å². The number of amides is 2. The maximum Gasteiger partial charge on any atom is 0.240 e. The molecule has 31 heavy (non-hydrogen) atoms. The first kappa shape index (κ1) is 21.5. The summed E-state index contributed by atoms with van der Waals surface area (Å²) in [4.78, 5) is 29.5. The van der Waals surface area contributed by atoms with Crippen LogP contribution in [0.1, 0.15) is 37.3 Å². The second kappa shape index (κ2) is 8.09. The Balaban J connectivity index is 1.53. The summed E-state index contributed by atoms with van der Waals surface area (Å²) < 4.78 is 26.4. The quantitative estimate of drug-likeness (QED) is 0.773. The summed E-state index contributed by atoms with van der Waals surface area (Å²) in [5.41, 5.74) is 3.54. The zero-order valence-corrected chi connectivity index (χ0v) is 18.8. The van der Waals surface area contributed by atoms with E-state index in [1.165, 1.54) is 13.1 Å². The van der Waals surface area contributed by atoms with Crippen molar-refractivity contribution in [2.24, 2.45) is 5.92 Å². The SMILES string of the molecule is CNS(=O)(=O)c1ccc2c(c1)CCN2C(=O)C1CC(=O)N(c2cccc(C(C)C)c2)C1. The molecule has 2 amide bonds. The second-order valence-corrected chi connectivity index (χ2v) is 10.3. The second-order valence-electron chi connectivity index (χ2n) is 8.39. The molecule has 2 aliphatic heterocycles. The number of hydrogen-bond donors (Lipinski definition) is 1. The van der Waals surface area contributed by atoms with E-state index in [9.17, 15) is 18.0 Å². The van der Waals surface area contributed by atoms with Crippen LogP contribution in [0, 0.1) is 5.92 Å². The highest BCUT2D eigenvalue weighted by atomic mass is 32.2. The van der Waals surface area contributed by atoms with Gasteiger partial charge < -0.3 is 9.80 Å². The van der Waals surface area contributed by atoms with Crippen LogP contribution in [-0.4, -0.2) is 40.4 Å². The zero-order valence-electron chi connectivity index (χ0n) is 18.0. The monoisotopic (exact) mass is 441 g/mol. The first-order chi connectivity index (χ1) is 14.7. The van der Waals surface area contributed by atoms with Crippen molar-refractivity contribution in [2.75, 3.05) is 29.9 Å². The Morgan fingerprint density at radius 2 is 1.94 bits per heavy atom. The largest absolute Gasteiger partial charge is 0.312 e. The van der Waals surface area contributed by atoms with Crippen molar-refractivity contribution in [3.63, 3.8) is 0 Å². The molecule has 0 aliphatic carbocycles. The highest BCUT2D eigenvalue weighted by Crippen LogP contribution is 2.34. The first-order valence-corrected chi connectivity index (χ1v) is 12.0. The number of hydrogen-bond acceptors (Lipinski definition) is 4. The predicted octanol–water partition coefficient (Wildman–Crippen LogP) is 2.66. The van der Waals surface area contributed by atoms with Gasteiger partial charge in [-0.25, -0.2) is 13.1 Å². The molecule has 1 saturated heterocycles. The van der Waals surface area contributed by atoms with Gasteiger partial charge >= 0.3 is 0 Å². The van der Waals surface area contributed by atoms with Gasteiger partial charge in [-0.3, -0.25) is 9.59 Å².